The number of anilines is 2. The first-order valence-electron chi connectivity index (χ1n) is 11.5. The largest absolute Gasteiger partial charge is 0.326 e. The zero-order chi connectivity index (χ0) is 21.2. The number of sulfonamides is 1. The van der Waals surface area contributed by atoms with E-state index in [0.29, 0.717) is 30.0 Å². The lowest BCUT2D eigenvalue weighted by Crippen LogP contribution is -2.51. The summed E-state index contributed by atoms with van der Waals surface area (Å²) in [6.07, 6.45) is 7.70. The van der Waals surface area contributed by atoms with Crippen molar-refractivity contribution in [3.8, 4) is 0 Å². The molecule has 4 aliphatic carbocycles. The number of amides is 1. The fraction of sp³-hybridized carbons (Fsp3) is 0.480. The SMILES string of the molecule is O=C(Nc1ccc(S(=O)(=O)N2CCc3ccccc32)cc1)C12CC3CC(CC(C3)C1)C2. The second kappa shape index (κ2) is 6.83. The van der Waals surface area contributed by atoms with Crippen LogP contribution in [0.3, 0.4) is 0 Å². The number of benzene rings is 2. The maximum atomic E-state index is 13.3. The van der Waals surface area contributed by atoms with Gasteiger partial charge in [-0.25, -0.2) is 8.42 Å². The van der Waals surface area contributed by atoms with E-state index in [1.807, 2.05) is 24.3 Å². The van der Waals surface area contributed by atoms with Crippen LogP contribution in [0.1, 0.15) is 44.1 Å². The topological polar surface area (TPSA) is 66.5 Å². The van der Waals surface area contributed by atoms with Crippen molar-refractivity contribution in [3.63, 3.8) is 0 Å². The fourth-order valence-corrected chi connectivity index (χ4v) is 8.55. The van der Waals surface area contributed by atoms with Crippen LogP contribution in [0, 0.1) is 23.2 Å². The van der Waals surface area contributed by atoms with Crippen molar-refractivity contribution >= 4 is 27.3 Å². The molecule has 1 N–H and O–H groups in total. The molecule has 4 fully saturated rings. The maximum absolute atomic E-state index is 13.3. The van der Waals surface area contributed by atoms with Gasteiger partial charge in [-0.05, 0) is 98.6 Å². The summed E-state index contributed by atoms with van der Waals surface area (Å²) < 4.78 is 27.9. The van der Waals surface area contributed by atoms with Crippen LogP contribution in [0.4, 0.5) is 11.4 Å². The lowest BCUT2D eigenvalue weighted by Gasteiger charge is -2.55. The molecule has 6 heteroatoms. The van der Waals surface area contributed by atoms with Gasteiger partial charge in [0.2, 0.25) is 5.91 Å². The predicted octanol–water partition coefficient (Wildman–Crippen LogP) is 4.59. The highest BCUT2D eigenvalue weighted by molar-refractivity contribution is 7.92. The van der Waals surface area contributed by atoms with Crippen molar-refractivity contribution in [1.29, 1.82) is 0 Å². The molecule has 0 aromatic heterocycles. The number of para-hydroxylation sites is 1. The number of hydrogen-bond acceptors (Lipinski definition) is 3. The first kappa shape index (κ1) is 19.4. The lowest BCUT2D eigenvalue weighted by molar-refractivity contribution is -0.140. The highest BCUT2D eigenvalue weighted by Crippen LogP contribution is 2.60. The molecule has 5 aliphatic rings. The Labute approximate surface area is 183 Å². The van der Waals surface area contributed by atoms with Crippen LogP contribution < -0.4 is 9.62 Å². The molecule has 1 aliphatic heterocycles. The highest BCUT2D eigenvalue weighted by Gasteiger charge is 2.54. The molecule has 0 atom stereocenters. The molecule has 1 amide bonds. The standard InChI is InChI=1S/C25H28N2O3S/c28-24(25-14-17-11-18(15-25)13-19(12-17)16-25)26-21-5-7-22(8-6-21)31(29,30)27-10-9-20-3-1-2-4-23(20)27/h1-8,17-19H,9-16H2,(H,26,28). The minimum atomic E-state index is -3.61. The van der Waals surface area contributed by atoms with Crippen LogP contribution in [0.25, 0.3) is 0 Å². The third-order valence-corrected chi connectivity index (χ3v) is 9.89. The Bertz CT molecular complexity index is 1100. The molecule has 7 rings (SSSR count). The van der Waals surface area contributed by atoms with Crippen LogP contribution >= 0.6 is 0 Å². The summed E-state index contributed by atoms with van der Waals surface area (Å²) in [4.78, 5) is 13.5. The Balaban J connectivity index is 1.20. The van der Waals surface area contributed by atoms with Gasteiger partial charge in [0.05, 0.1) is 16.0 Å². The van der Waals surface area contributed by atoms with E-state index in [9.17, 15) is 13.2 Å². The Kier molecular flexibility index (Phi) is 4.26. The van der Waals surface area contributed by atoms with Crippen molar-refractivity contribution in [1.82, 2.24) is 0 Å². The van der Waals surface area contributed by atoms with Crippen LogP contribution in [-0.4, -0.2) is 20.9 Å². The molecule has 0 unspecified atom stereocenters. The summed E-state index contributed by atoms with van der Waals surface area (Å²) in [5.74, 6) is 2.28. The van der Waals surface area contributed by atoms with Crippen LogP contribution in [0.5, 0.6) is 0 Å². The molecule has 2 aromatic rings. The molecule has 0 radical (unpaired) electrons. The van der Waals surface area contributed by atoms with Crippen LogP contribution in [-0.2, 0) is 21.2 Å². The summed E-state index contributed by atoms with van der Waals surface area (Å²) in [5, 5.41) is 3.12. The molecule has 0 spiro atoms. The van der Waals surface area contributed by atoms with Crippen molar-refractivity contribution in [2.24, 2.45) is 23.2 Å². The minimum Gasteiger partial charge on any atom is -0.326 e. The first-order chi connectivity index (χ1) is 14.9. The Morgan fingerprint density at radius 3 is 2.16 bits per heavy atom. The van der Waals surface area contributed by atoms with Gasteiger partial charge in [-0.1, -0.05) is 18.2 Å². The van der Waals surface area contributed by atoms with Gasteiger partial charge in [0.15, 0.2) is 0 Å². The van der Waals surface area contributed by atoms with E-state index in [0.717, 1.165) is 36.9 Å². The molecule has 0 saturated heterocycles. The highest BCUT2D eigenvalue weighted by atomic mass is 32.2. The van der Waals surface area contributed by atoms with Crippen LogP contribution in [0.2, 0.25) is 0 Å². The van der Waals surface area contributed by atoms with E-state index in [4.69, 9.17) is 0 Å². The monoisotopic (exact) mass is 436 g/mol. The summed E-state index contributed by atoms with van der Waals surface area (Å²) >= 11 is 0. The quantitative estimate of drug-likeness (QED) is 0.762. The van der Waals surface area contributed by atoms with Crippen molar-refractivity contribution < 1.29 is 13.2 Å². The summed E-state index contributed by atoms with van der Waals surface area (Å²) in [6, 6.07) is 14.3. The number of nitrogens with zero attached hydrogens (tertiary/aromatic N) is 1. The summed E-state index contributed by atoms with van der Waals surface area (Å²) in [5.41, 5.74) is 2.30. The van der Waals surface area contributed by atoms with Gasteiger partial charge in [-0.3, -0.25) is 9.10 Å². The average molecular weight is 437 g/mol. The zero-order valence-corrected chi connectivity index (χ0v) is 18.4. The van der Waals surface area contributed by atoms with Gasteiger partial charge in [0.1, 0.15) is 0 Å². The number of carbonyl (C=O) groups excluding carboxylic acids is 1. The third-order valence-electron chi connectivity index (χ3n) is 8.06. The van der Waals surface area contributed by atoms with Crippen molar-refractivity contribution in [3.05, 3.63) is 54.1 Å². The number of hydrogen-bond donors (Lipinski definition) is 1. The molecule has 2 aromatic carbocycles. The van der Waals surface area contributed by atoms with Gasteiger partial charge in [0, 0.05) is 12.2 Å². The van der Waals surface area contributed by atoms with Gasteiger partial charge in [-0.2, -0.15) is 0 Å². The van der Waals surface area contributed by atoms with E-state index in [1.54, 1.807) is 24.3 Å². The Morgan fingerprint density at radius 2 is 1.52 bits per heavy atom. The Hall–Kier alpha value is -2.34. The predicted molar refractivity (Wildman–Crippen MR) is 120 cm³/mol. The zero-order valence-electron chi connectivity index (χ0n) is 17.6. The van der Waals surface area contributed by atoms with E-state index >= 15 is 0 Å². The van der Waals surface area contributed by atoms with Gasteiger partial charge < -0.3 is 5.32 Å². The normalized spacial score (nSPS) is 31.0. The number of fused-ring (bicyclic) bond motifs is 1. The second-order valence-electron chi connectivity index (χ2n) is 10.1. The molecule has 4 saturated carbocycles. The number of nitrogens with one attached hydrogen (secondary N) is 1. The molecular weight excluding hydrogens is 408 g/mol. The number of carbonyl (C=O) groups is 1. The lowest BCUT2D eigenvalue weighted by atomic mass is 9.49. The average Bonchev–Trinajstić information content (AvgIpc) is 3.18. The van der Waals surface area contributed by atoms with E-state index in [1.165, 1.54) is 23.6 Å². The number of rotatable bonds is 4. The molecule has 5 nitrogen and oxygen atoms in total. The summed E-state index contributed by atoms with van der Waals surface area (Å²) in [6.45, 7) is 0.464. The molecule has 31 heavy (non-hydrogen) atoms. The first-order valence-corrected chi connectivity index (χ1v) is 12.9. The van der Waals surface area contributed by atoms with E-state index in [-0.39, 0.29) is 16.2 Å². The molecular formula is C25H28N2O3S. The van der Waals surface area contributed by atoms with Crippen LogP contribution in [0.15, 0.2) is 53.4 Å². The smallest absolute Gasteiger partial charge is 0.264 e. The maximum Gasteiger partial charge on any atom is 0.264 e. The third kappa shape index (κ3) is 3.10. The fourth-order valence-electron chi connectivity index (χ4n) is 7.05. The van der Waals surface area contributed by atoms with Gasteiger partial charge >= 0.3 is 0 Å². The minimum absolute atomic E-state index is 0.135. The molecule has 4 bridgehead atoms. The van der Waals surface area contributed by atoms with Crippen molar-refractivity contribution in [2.45, 2.75) is 49.8 Å². The molecule has 1 heterocycles. The van der Waals surface area contributed by atoms with E-state index < -0.39 is 10.0 Å². The summed E-state index contributed by atoms with van der Waals surface area (Å²) in [7, 11) is -3.61. The van der Waals surface area contributed by atoms with Gasteiger partial charge in [0.25, 0.3) is 10.0 Å². The Morgan fingerprint density at radius 1 is 0.903 bits per heavy atom. The molecule has 162 valence electrons. The van der Waals surface area contributed by atoms with E-state index in [2.05, 4.69) is 5.32 Å². The van der Waals surface area contributed by atoms with Crippen molar-refractivity contribution in [2.75, 3.05) is 16.2 Å². The van der Waals surface area contributed by atoms with Gasteiger partial charge in [-0.15, -0.1) is 0 Å². The second-order valence-corrected chi connectivity index (χ2v) is 12.0.